The van der Waals surface area contributed by atoms with Crippen molar-refractivity contribution in [3.05, 3.63) is 52.8 Å². The summed E-state index contributed by atoms with van der Waals surface area (Å²) in [4.78, 5) is 26.0. The minimum Gasteiger partial charge on any atom is -0.480 e. The highest BCUT2D eigenvalue weighted by Gasteiger charge is 2.17. The molecule has 1 aromatic heterocycles. The number of hydrogen-bond acceptors (Lipinski definition) is 5. The summed E-state index contributed by atoms with van der Waals surface area (Å²) in [5, 5.41) is 11.4. The van der Waals surface area contributed by atoms with Crippen molar-refractivity contribution in [3.63, 3.8) is 0 Å². The van der Waals surface area contributed by atoms with Crippen LogP contribution in [0.3, 0.4) is 0 Å². The highest BCUT2D eigenvalue weighted by molar-refractivity contribution is 5.66. The quantitative estimate of drug-likeness (QED) is 0.858. The van der Waals surface area contributed by atoms with E-state index in [1.54, 1.807) is 18.2 Å². The van der Waals surface area contributed by atoms with Crippen LogP contribution < -0.4 is 15.6 Å². The molecule has 0 bridgehead atoms. The Labute approximate surface area is 125 Å². The molecule has 0 saturated carbocycles. The molecule has 1 aliphatic heterocycles. The lowest BCUT2D eigenvalue weighted by Gasteiger charge is -2.17. The van der Waals surface area contributed by atoms with Crippen molar-refractivity contribution in [2.45, 2.75) is 6.54 Å². The number of rotatable bonds is 2. The Morgan fingerprint density at radius 1 is 1.41 bits per heavy atom. The molecule has 3 rings (SSSR count). The van der Waals surface area contributed by atoms with Crippen molar-refractivity contribution in [3.8, 4) is 5.88 Å². The van der Waals surface area contributed by atoms with E-state index in [-0.39, 0.29) is 17.4 Å². The van der Waals surface area contributed by atoms with E-state index < -0.39 is 18.1 Å². The molecule has 8 heteroatoms. The zero-order valence-electron chi connectivity index (χ0n) is 11.5. The van der Waals surface area contributed by atoms with E-state index in [2.05, 4.69) is 10.3 Å². The lowest BCUT2D eigenvalue weighted by Crippen LogP contribution is -2.31. The van der Waals surface area contributed by atoms with Gasteiger partial charge in [0.1, 0.15) is 25.3 Å². The van der Waals surface area contributed by atoms with Gasteiger partial charge in [0.05, 0.1) is 0 Å². The average molecular weight is 307 g/mol. The second kappa shape index (κ2) is 7.21. The Kier molecular flexibility index (Phi) is 5.07. The van der Waals surface area contributed by atoms with Crippen molar-refractivity contribution in [1.29, 1.82) is 0 Å². The number of anilines is 1. The Morgan fingerprint density at radius 3 is 2.73 bits per heavy atom. The number of aromatic nitrogens is 2. The standard InChI is InChI=1S/C8H9N3O4.C6H5F/c12-5(13)3-11-4-10-7-6(8(11)14)9-1-2-15-7;7-6-4-2-1-3-5-6/h4,9H,1-3H2,(H,12,13);1-5H. The van der Waals surface area contributed by atoms with Crippen molar-refractivity contribution in [2.75, 3.05) is 18.5 Å². The molecule has 22 heavy (non-hydrogen) atoms. The number of carboxylic acids is 1. The van der Waals surface area contributed by atoms with Crippen molar-refractivity contribution in [2.24, 2.45) is 0 Å². The molecule has 2 heterocycles. The van der Waals surface area contributed by atoms with Crippen LogP contribution in [0.15, 0.2) is 41.5 Å². The average Bonchev–Trinajstić information content (AvgIpc) is 2.51. The van der Waals surface area contributed by atoms with Gasteiger partial charge in [0.2, 0.25) is 5.88 Å². The van der Waals surface area contributed by atoms with Gasteiger partial charge < -0.3 is 15.2 Å². The summed E-state index contributed by atoms with van der Waals surface area (Å²) in [6, 6.07) is 7.94. The van der Waals surface area contributed by atoms with Gasteiger partial charge in [-0.3, -0.25) is 14.2 Å². The van der Waals surface area contributed by atoms with Crippen LogP contribution in [0.25, 0.3) is 0 Å². The zero-order valence-corrected chi connectivity index (χ0v) is 11.5. The van der Waals surface area contributed by atoms with Gasteiger partial charge in [-0.25, -0.2) is 9.37 Å². The van der Waals surface area contributed by atoms with E-state index in [1.807, 2.05) is 0 Å². The lowest BCUT2D eigenvalue weighted by atomic mass is 10.4. The minimum atomic E-state index is -1.09. The zero-order chi connectivity index (χ0) is 15.9. The smallest absolute Gasteiger partial charge is 0.323 e. The SMILES string of the molecule is Fc1ccccc1.O=C(O)Cn1cnc2c(c1=O)NCCO2. The van der Waals surface area contributed by atoms with Crippen LogP contribution in [0.4, 0.5) is 10.1 Å². The molecule has 116 valence electrons. The first-order chi connectivity index (χ1) is 10.6. The minimum absolute atomic E-state index is 0.178. The second-order valence-corrected chi connectivity index (χ2v) is 4.32. The fraction of sp³-hybridized carbons (Fsp3) is 0.214. The van der Waals surface area contributed by atoms with Crippen LogP contribution in [0, 0.1) is 5.82 Å². The van der Waals surface area contributed by atoms with Crippen molar-refractivity contribution in [1.82, 2.24) is 9.55 Å². The summed E-state index contributed by atoms with van der Waals surface area (Å²) >= 11 is 0. The van der Waals surface area contributed by atoms with Gasteiger partial charge in [-0.1, -0.05) is 18.2 Å². The van der Waals surface area contributed by atoms with Crippen molar-refractivity contribution < 1.29 is 19.0 Å². The number of halogens is 1. The Balaban J connectivity index is 0.000000211. The number of fused-ring (bicyclic) bond motifs is 1. The molecule has 0 saturated heterocycles. The number of hydrogen-bond donors (Lipinski definition) is 2. The van der Waals surface area contributed by atoms with E-state index in [1.165, 1.54) is 18.5 Å². The fourth-order valence-electron chi connectivity index (χ4n) is 1.73. The molecule has 2 N–H and O–H groups in total. The number of aliphatic carboxylic acids is 1. The van der Waals surface area contributed by atoms with Crippen LogP contribution in [-0.2, 0) is 11.3 Å². The predicted molar refractivity (Wildman–Crippen MR) is 76.5 cm³/mol. The summed E-state index contributed by atoms with van der Waals surface area (Å²) in [6.45, 7) is 0.560. The van der Waals surface area contributed by atoms with Crippen LogP contribution in [0.5, 0.6) is 5.88 Å². The van der Waals surface area contributed by atoms with Crippen LogP contribution in [-0.4, -0.2) is 33.8 Å². The molecule has 0 atom stereocenters. The van der Waals surface area contributed by atoms with E-state index in [9.17, 15) is 14.0 Å². The van der Waals surface area contributed by atoms with Crippen LogP contribution >= 0.6 is 0 Å². The summed E-state index contributed by atoms with van der Waals surface area (Å²) in [7, 11) is 0. The molecule has 1 aromatic carbocycles. The monoisotopic (exact) mass is 307 g/mol. The van der Waals surface area contributed by atoms with Gasteiger partial charge in [0.25, 0.3) is 5.56 Å². The normalized spacial score (nSPS) is 12.0. The third-order valence-electron chi connectivity index (χ3n) is 2.68. The first kappa shape index (κ1) is 15.5. The first-order valence-electron chi connectivity index (χ1n) is 6.46. The third-order valence-corrected chi connectivity index (χ3v) is 2.68. The van der Waals surface area contributed by atoms with E-state index >= 15 is 0 Å². The molecule has 0 aliphatic carbocycles. The molecule has 1 aliphatic rings. The molecule has 0 unspecified atom stereocenters. The molecular formula is C14H14FN3O4. The van der Waals surface area contributed by atoms with Gasteiger partial charge >= 0.3 is 5.97 Å². The lowest BCUT2D eigenvalue weighted by molar-refractivity contribution is -0.137. The van der Waals surface area contributed by atoms with E-state index in [4.69, 9.17) is 9.84 Å². The van der Waals surface area contributed by atoms with Gasteiger partial charge in [-0.05, 0) is 12.1 Å². The third kappa shape index (κ3) is 4.05. The molecule has 7 nitrogen and oxygen atoms in total. The van der Waals surface area contributed by atoms with Crippen molar-refractivity contribution >= 4 is 11.7 Å². The topological polar surface area (TPSA) is 93.5 Å². The number of carboxylic acid groups (broad SMARTS) is 1. The highest BCUT2D eigenvalue weighted by Crippen LogP contribution is 2.18. The highest BCUT2D eigenvalue weighted by atomic mass is 19.1. The number of nitrogens with one attached hydrogen (secondary N) is 1. The van der Waals surface area contributed by atoms with Gasteiger partial charge in [0, 0.05) is 6.54 Å². The first-order valence-corrected chi connectivity index (χ1v) is 6.46. The van der Waals surface area contributed by atoms with Crippen LogP contribution in [0.2, 0.25) is 0 Å². The maximum Gasteiger partial charge on any atom is 0.323 e. The van der Waals surface area contributed by atoms with E-state index in [0.717, 1.165) is 4.57 Å². The molecule has 0 amide bonds. The maximum absolute atomic E-state index is 11.9. The summed E-state index contributed by atoms with van der Waals surface area (Å²) in [6.07, 6.45) is 1.17. The molecular weight excluding hydrogens is 293 g/mol. The van der Waals surface area contributed by atoms with Crippen LogP contribution in [0.1, 0.15) is 0 Å². The van der Waals surface area contributed by atoms with Gasteiger partial charge in [0.15, 0.2) is 5.69 Å². The fourth-order valence-corrected chi connectivity index (χ4v) is 1.73. The molecule has 0 spiro atoms. The summed E-state index contributed by atoms with van der Waals surface area (Å²) in [5.74, 6) is -1.04. The molecule has 2 aromatic rings. The number of nitrogens with zero attached hydrogens (tertiary/aromatic N) is 2. The summed E-state index contributed by atoms with van der Waals surface area (Å²) < 4.78 is 18.1. The summed E-state index contributed by atoms with van der Waals surface area (Å²) in [5.41, 5.74) is -0.202. The van der Waals surface area contributed by atoms with Gasteiger partial charge in [-0.15, -0.1) is 0 Å². The number of benzene rings is 1. The molecule has 0 fully saturated rings. The van der Waals surface area contributed by atoms with E-state index in [0.29, 0.717) is 13.2 Å². The Hall–Kier alpha value is -2.90. The number of carbonyl (C=O) groups is 1. The largest absolute Gasteiger partial charge is 0.480 e. The maximum atomic E-state index is 11.9. The Bertz CT molecular complexity index is 703. The predicted octanol–water partition coefficient (Wildman–Crippen LogP) is 0.958. The second-order valence-electron chi connectivity index (χ2n) is 4.32. The Morgan fingerprint density at radius 2 is 2.14 bits per heavy atom. The molecule has 0 radical (unpaired) electrons. The number of ether oxygens (including phenoxy) is 1. The van der Waals surface area contributed by atoms with Gasteiger partial charge in [-0.2, -0.15) is 0 Å².